The first-order chi connectivity index (χ1) is 14.8. The van der Waals surface area contributed by atoms with E-state index in [0.717, 1.165) is 11.3 Å². The molecule has 3 N–H and O–H groups in total. The van der Waals surface area contributed by atoms with Crippen molar-refractivity contribution in [1.29, 1.82) is 0 Å². The molecule has 0 spiro atoms. The van der Waals surface area contributed by atoms with Crippen molar-refractivity contribution < 1.29 is 19.7 Å². The molecule has 4 rings (SSSR count). The van der Waals surface area contributed by atoms with Gasteiger partial charge in [-0.05, 0) is 17.7 Å². The first-order valence-corrected chi connectivity index (χ1v) is 11.2. The number of aliphatic hydroxyl groups is 2. The smallest absolute Gasteiger partial charge is 0.304 e. The van der Waals surface area contributed by atoms with Gasteiger partial charge in [0, 0.05) is 12.5 Å². The van der Waals surface area contributed by atoms with E-state index in [0.29, 0.717) is 22.0 Å². The molecule has 0 bridgehead atoms. The number of nitrogens with one attached hydrogen (secondary N) is 1. The molecular weight excluding hydrogens is 487 g/mol. The molecule has 2 aromatic heterocycles. The van der Waals surface area contributed by atoms with E-state index in [2.05, 4.69) is 27.9 Å². The zero-order valence-corrected chi connectivity index (χ0v) is 19.2. The third-order valence-corrected chi connectivity index (χ3v) is 7.10. The normalized spacial score (nSPS) is 28.7. The molecule has 1 aliphatic rings. The molecular formula is C18H18Cl2N4O5S2. The number of thiol groups is 1. The number of H-pyrrole nitrogens is 1. The van der Waals surface area contributed by atoms with Crippen LogP contribution < -0.4 is 4.87 Å². The molecule has 3 heterocycles. The first-order valence-electron chi connectivity index (χ1n) is 9.04. The van der Waals surface area contributed by atoms with Gasteiger partial charge in [-0.15, -0.1) is 17.7 Å². The maximum Gasteiger partial charge on any atom is 0.304 e. The highest BCUT2D eigenvalue weighted by Gasteiger charge is 2.59. The number of thiazole rings is 1. The summed E-state index contributed by atoms with van der Waals surface area (Å²) in [5, 5.41) is 31.9. The molecule has 0 saturated carbocycles. The van der Waals surface area contributed by atoms with Crippen LogP contribution in [0.5, 0.6) is 0 Å². The largest absolute Gasteiger partial charge is 0.394 e. The molecule has 0 unspecified atom stereocenters. The fraction of sp³-hybridized carbons (Fsp3) is 0.389. The zero-order chi connectivity index (χ0) is 22.3. The van der Waals surface area contributed by atoms with Gasteiger partial charge in [0.25, 0.3) is 0 Å². The number of aromatic amines is 1. The number of hydrogen-bond acceptors (Lipinski definition) is 9. The molecule has 1 aliphatic heterocycles. The summed E-state index contributed by atoms with van der Waals surface area (Å²) in [4.78, 5) is 14.0. The number of hydrogen-bond donors (Lipinski definition) is 4. The van der Waals surface area contributed by atoms with Gasteiger partial charge >= 0.3 is 4.87 Å². The summed E-state index contributed by atoms with van der Waals surface area (Å²) in [7, 11) is 1.45. The lowest BCUT2D eigenvalue weighted by atomic mass is 9.75. The van der Waals surface area contributed by atoms with Gasteiger partial charge in [0.05, 0.1) is 28.5 Å². The third kappa shape index (κ3) is 3.72. The van der Waals surface area contributed by atoms with Gasteiger partial charge in [-0.1, -0.05) is 45.8 Å². The molecule has 0 radical (unpaired) electrons. The molecule has 166 valence electrons. The maximum absolute atomic E-state index is 11.6. The molecule has 9 nitrogen and oxygen atoms in total. The standard InChI is InChI=1S/C18H18Cl2N4O5S2/c1-28-15-16(30)29-13(6-25)14(26)18(15,8-2-3-9(19)10(20)4-8)24-5-11(22-23-24)12-7-31-17(27)21-12/h2-5,7,13-16,25-26,30H,6H2,1H3,(H,21,27)/t13-,14+,15+,16-,18+/m0/s1. The van der Waals surface area contributed by atoms with Crippen LogP contribution >= 0.6 is 47.2 Å². The van der Waals surface area contributed by atoms with Crippen LogP contribution in [0.4, 0.5) is 0 Å². The third-order valence-electron chi connectivity index (χ3n) is 5.29. The number of benzene rings is 1. The van der Waals surface area contributed by atoms with Crippen LogP contribution in [0, 0.1) is 0 Å². The Hall–Kier alpha value is -1.44. The molecule has 1 fully saturated rings. The number of halogens is 2. The van der Waals surface area contributed by atoms with E-state index in [1.807, 2.05) is 0 Å². The van der Waals surface area contributed by atoms with Gasteiger partial charge in [-0.2, -0.15) is 0 Å². The zero-order valence-electron chi connectivity index (χ0n) is 16.0. The Bertz CT molecular complexity index is 1140. The van der Waals surface area contributed by atoms with E-state index in [4.69, 9.17) is 32.7 Å². The van der Waals surface area contributed by atoms with Crippen LogP contribution in [0.2, 0.25) is 10.0 Å². The maximum atomic E-state index is 11.6. The predicted octanol–water partition coefficient (Wildman–Crippen LogP) is 1.77. The number of methoxy groups -OCH3 is 1. The van der Waals surface area contributed by atoms with Gasteiger partial charge in [0.1, 0.15) is 35.0 Å². The van der Waals surface area contributed by atoms with Gasteiger partial charge in [-0.25, -0.2) is 4.68 Å². The minimum absolute atomic E-state index is 0.236. The van der Waals surface area contributed by atoms with Crippen LogP contribution in [0.15, 0.2) is 34.6 Å². The molecule has 0 amide bonds. The molecule has 1 saturated heterocycles. The SMILES string of the molecule is CO[C@@H]1[C@H](S)O[C@@H](CO)[C@@H](O)[C@@]1(c1ccc(Cl)c(Cl)c1)n1cc(-c2csc(=O)[nH]2)nn1. The lowest BCUT2D eigenvalue weighted by Crippen LogP contribution is -2.67. The summed E-state index contributed by atoms with van der Waals surface area (Å²) in [5.74, 6) is 0. The Morgan fingerprint density at radius 2 is 2.19 bits per heavy atom. The number of nitrogens with zero attached hydrogens (tertiary/aromatic N) is 3. The van der Waals surface area contributed by atoms with Crippen LogP contribution in [0.3, 0.4) is 0 Å². The Morgan fingerprint density at radius 3 is 2.81 bits per heavy atom. The van der Waals surface area contributed by atoms with Crippen molar-refractivity contribution in [3.63, 3.8) is 0 Å². The van der Waals surface area contributed by atoms with E-state index in [9.17, 15) is 15.0 Å². The highest BCUT2D eigenvalue weighted by atomic mass is 35.5. The van der Waals surface area contributed by atoms with E-state index < -0.39 is 35.9 Å². The topological polar surface area (TPSA) is 122 Å². The van der Waals surface area contributed by atoms with Crippen LogP contribution in [-0.2, 0) is 15.0 Å². The van der Waals surface area contributed by atoms with Crippen molar-refractivity contribution in [1.82, 2.24) is 20.0 Å². The Kier molecular flexibility index (Phi) is 6.48. The molecule has 13 heteroatoms. The van der Waals surface area contributed by atoms with E-state index in [1.54, 1.807) is 29.8 Å². The van der Waals surface area contributed by atoms with Crippen molar-refractivity contribution in [3.8, 4) is 11.4 Å². The van der Waals surface area contributed by atoms with E-state index in [1.165, 1.54) is 11.8 Å². The fourth-order valence-corrected chi connectivity index (χ4v) is 5.26. The minimum Gasteiger partial charge on any atom is -0.394 e. The summed E-state index contributed by atoms with van der Waals surface area (Å²) in [6, 6.07) is 4.86. The van der Waals surface area contributed by atoms with E-state index >= 15 is 0 Å². The second-order valence-corrected chi connectivity index (χ2v) is 9.08. The van der Waals surface area contributed by atoms with Crippen LogP contribution in [0.1, 0.15) is 5.56 Å². The Balaban J connectivity index is 1.98. The number of aromatic nitrogens is 4. The summed E-state index contributed by atoms with van der Waals surface area (Å²) >= 11 is 17.9. The Labute approximate surface area is 195 Å². The number of ether oxygens (including phenoxy) is 2. The molecule has 0 aliphatic carbocycles. The quantitative estimate of drug-likeness (QED) is 0.390. The molecule has 31 heavy (non-hydrogen) atoms. The highest BCUT2D eigenvalue weighted by Crippen LogP contribution is 2.45. The lowest BCUT2D eigenvalue weighted by molar-refractivity contribution is -0.213. The van der Waals surface area contributed by atoms with Crippen LogP contribution in [0.25, 0.3) is 11.4 Å². The molecule has 3 aromatic rings. The van der Waals surface area contributed by atoms with Crippen molar-refractivity contribution in [2.75, 3.05) is 13.7 Å². The van der Waals surface area contributed by atoms with Crippen molar-refractivity contribution in [2.45, 2.75) is 29.3 Å². The van der Waals surface area contributed by atoms with Gasteiger partial charge in [0.15, 0.2) is 0 Å². The van der Waals surface area contributed by atoms with Gasteiger partial charge in [-0.3, -0.25) is 4.79 Å². The van der Waals surface area contributed by atoms with Crippen molar-refractivity contribution in [3.05, 3.63) is 55.1 Å². The Morgan fingerprint density at radius 1 is 1.42 bits per heavy atom. The second kappa shape index (κ2) is 8.83. The molecule has 1 aromatic carbocycles. The monoisotopic (exact) mass is 504 g/mol. The van der Waals surface area contributed by atoms with Crippen molar-refractivity contribution in [2.24, 2.45) is 0 Å². The van der Waals surface area contributed by atoms with Gasteiger partial charge in [0.2, 0.25) is 0 Å². The summed E-state index contributed by atoms with van der Waals surface area (Å²) in [6.45, 7) is -0.475. The van der Waals surface area contributed by atoms with Crippen molar-refractivity contribution >= 4 is 47.2 Å². The van der Waals surface area contributed by atoms with Crippen LogP contribution in [-0.4, -0.2) is 67.7 Å². The second-order valence-electron chi connectivity index (χ2n) is 6.91. The first kappa shape index (κ1) is 22.7. The minimum atomic E-state index is -1.44. The highest BCUT2D eigenvalue weighted by molar-refractivity contribution is 7.80. The van der Waals surface area contributed by atoms with Gasteiger partial charge < -0.3 is 24.7 Å². The number of rotatable bonds is 5. The summed E-state index contributed by atoms with van der Waals surface area (Å²) in [6.07, 6.45) is -1.64. The summed E-state index contributed by atoms with van der Waals surface area (Å²) < 4.78 is 12.8. The average Bonchev–Trinajstić information content (AvgIpc) is 3.40. The average molecular weight is 505 g/mol. The number of aliphatic hydroxyl groups excluding tert-OH is 2. The summed E-state index contributed by atoms with van der Waals surface area (Å²) in [5.41, 5.74) is -0.932. The lowest BCUT2D eigenvalue weighted by Gasteiger charge is -2.51. The molecule has 5 atom stereocenters. The predicted molar refractivity (Wildman–Crippen MR) is 119 cm³/mol. The fourth-order valence-electron chi connectivity index (χ4n) is 3.89. The van der Waals surface area contributed by atoms with E-state index in [-0.39, 0.29) is 9.90 Å².